The zero-order chi connectivity index (χ0) is 12.9. The predicted octanol–water partition coefficient (Wildman–Crippen LogP) is 0.329. The summed E-state index contributed by atoms with van der Waals surface area (Å²) in [5.74, 6) is -1.18. The number of likely N-dealkylation sites (N-methyl/N-ethyl adjacent to an activating group) is 2. The van der Waals surface area contributed by atoms with Crippen molar-refractivity contribution in [2.24, 2.45) is 11.8 Å². The van der Waals surface area contributed by atoms with Crippen molar-refractivity contribution >= 4 is 11.8 Å². The molecule has 0 fully saturated rings. The van der Waals surface area contributed by atoms with Crippen molar-refractivity contribution in [1.29, 1.82) is 5.26 Å². The third-order valence-corrected chi connectivity index (χ3v) is 2.32. The van der Waals surface area contributed by atoms with Gasteiger partial charge in [0, 0.05) is 21.1 Å². The molecule has 0 aliphatic carbocycles. The Morgan fingerprint density at radius 1 is 1.25 bits per heavy atom. The van der Waals surface area contributed by atoms with Crippen molar-refractivity contribution in [3.05, 3.63) is 0 Å². The summed E-state index contributed by atoms with van der Waals surface area (Å²) in [6.45, 7) is 3.64. The van der Waals surface area contributed by atoms with Crippen molar-refractivity contribution in [2.45, 2.75) is 13.8 Å². The highest BCUT2D eigenvalue weighted by Crippen LogP contribution is 2.12. The lowest BCUT2D eigenvalue weighted by atomic mass is 9.96. The van der Waals surface area contributed by atoms with E-state index in [-0.39, 0.29) is 24.3 Å². The van der Waals surface area contributed by atoms with E-state index in [1.165, 1.54) is 16.8 Å². The molecule has 0 N–H and O–H groups in total. The van der Waals surface area contributed by atoms with Crippen LogP contribution in [-0.2, 0) is 9.59 Å². The van der Waals surface area contributed by atoms with Crippen LogP contribution in [0.25, 0.3) is 0 Å². The Hall–Kier alpha value is -1.57. The van der Waals surface area contributed by atoms with E-state index in [1.807, 2.05) is 19.9 Å². The smallest absolute Gasteiger partial charge is 0.241 e. The highest BCUT2D eigenvalue weighted by atomic mass is 16.2. The zero-order valence-electron chi connectivity index (χ0n) is 10.5. The van der Waals surface area contributed by atoms with Gasteiger partial charge in [-0.05, 0) is 5.92 Å². The Morgan fingerprint density at radius 2 is 1.75 bits per heavy atom. The summed E-state index contributed by atoms with van der Waals surface area (Å²) in [5, 5.41) is 8.87. The molecule has 5 heteroatoms. The molecule has 0 aliphatic rings. The molecule has 2 amide bonds. The molecular weight excluding hydrogens is 206 g/mol. The molecule has 1 unspecified atom stereocenters. The molecule has 0 spiro atoms. The summed E-state index contributed by atoms with van der Waals surface area (Å²) < 4.78 is 0. The lowest BCUT2D eigenvalue weighted by molar-refractivity contribution is -0.140. The van der Waals surface area contributed by atoms with E-state index in [0.29, 0.717) is 0 Å². The normalized spacial score (nSPS) is 11.8. The lowest BCUT2D eigenvalue weighted by Gasteiger charge is -2.22. The van der Waals surface area contributed by atoms with Gasteiger partial charge in [0.2, 0.25) is 11.8 Å². The van der Waals surface area contributed by atoms with Gasteiger partial charge in [-0.1, -0.05) is 13.8 Å². The minimum absolute atomic E-state index is 0.0106. The van der Waals surface area contributed by atoms with Crippen molar-refractivity contribution < 1.29 is 9.59 Å². The fourth-order valence-electron chi connectivity index (χ4n) is 1.15. The van der Waals surface area contributed by atoms with Crippen LogP contribution >= 0.6 is 0 Å². The summed E-state index contributed by atoms with van der Waals surface area (Å²) >= 11 is 0. The fraction of sp³-hybridized carbons (Fsp3) is 0.727. The maximum atomic E-state index is 11.8. The van der Waals surface area contributed by atoms with E-state index in [4.69, 9.17) is 5.26 Å². The molecule has 0 aromatic heterocycles. The summed E-state index contributed by atoms with van der Waals surface area (Å²) in [5.41, 5.74) is 0. The van der Waals surface area contributed by atoms with Crippen LogP contribution in [0, 0.1) is 23.2 Å². The Morgan fingerprint density at radius 3 is 2.06 bits per heavy atom. The third kappa shape index (κ3) is 3.89. The standard InChI is InChI=1S/C11H19N3O2/c1-8(2)9(6-12)11(16)14(5)7-10(15)13(3)4/h8-9H,7H2,1-5H3. The zero-order valence-corrected chi connectivity index (χ0v) is 10.5. The minimum Gasteiger partial charge on any atom is -0.347 e. The van der Waals surface area contributed by atoms with Crippen molar-refractivity contribution in [2.75, 3.05) is 27.7 Å². The first-order valence-electron chi connectivity index (χ1n) is 5.16. The number of amides is 2. The molecule has 0 aliphatic heterocycles. The second-order valence-electron chi connectivity index (χ2n) is 4.33. The SMILES string of the molecule is CC(C)C(C#N)C(=O)N(C)CC(=O)N(C)C. The van der Waals surface area contributed by atoms with E-state index in [9.17, 15) is 9.59 Å². The van der Waals surface area contributed by atoms with Gasteiger partial charge >= 0.3 is 0 Å². The molecule has 0 aromatic carbocycles. The number of nitriles is 1. The Labute approximate surface area is 96.6 Å². The Bertz CT molecular complexity index is 305. The van der Waals surface area contributed by atoms with Crippen LogP contribution in [-0.4, -0.2) is 49.3 Å². The molecule has 0 aromatic rings. The topological polar surface area (TPSA) is 64.4 Å². The van der Waals surface area contributed by atoms with Crippen LogP contribution in [0.1, 0.15) is 13.8 Å². The molecule has 16 heavy (non-hydrogen) atoms. The number of carbonyl (C=O) groups excluding carboxylic acids is 2. The number of rotatable bonds is 4. The van der Waals surface area contributed by atoms with Crippen molar-refractivity contribution in [1.82, 2.24) is 9.80 Å². The van der Waals surface area contributed by atoms with Gasteiger partial charge in [0.15, 0.2) is 0 Å². The van der Waals surface area contributed by atoms with Crippen LogP contribution < -0.4 is 0 Å². The van der Waals surface area contributed by atoms with Crippen LogP contribution in [0.2, 0.25) is 0 Å². The van der Waals surface area contributed by atoms with E-state index >= 15 is 0 Å². The summed E-state index contributed by atoms with van der Waals surface area (Å²) in [6.07, 6.45) is 0. The van der Waals surface area contributed by atoms with Gasteiger partial charge in [-0.15, -0.1) is 0 Å². The summed E-state index contributed by atoms with van der Waals surface area (Å²) in [7, 11) is 4.80. The highest BCUT2D eigenvalue weighted by molar-refractivity contribution is 5.86. The van der Waals surface area contributed by atoms with Gasteiger partial charge in [-0.2, -0.15) is 5.26 Å². The van der Waals surface area contributed by atoms with Crippen molar-refractivity contribution in [3.63, 3.8) is 0 Å². The number of hydrogen-bond acceptors (Lipinski definition) is 3. The van der Waals surface area contributed by atoms with Gasteiger partial charge in [-0.25, -0.2) is 0 Å². The number of hydrogen-bond donors (Lipinski definition) is 0. The first kappa shape index (κ1) is 14.4. The molecule has 5 nitrogen and oxygen atoms in total. The number of nitrogens with zero attached hydrogens (tertiary/aromatic N) is 3. The van der Waals surface area contributed by atoms with E-state index in [0.717, 1.165) is 0 Å². The summed E-state index contributed by atoms with van der Waals surface area (Å²) in [4.78, 5) is 25.9. The van der Waals surface area contributed by atoms with Gasteiger partial charge in [0.25, 0.3) is 0 Å². The van der Waals surface area contributed by atoms with Gasteiger partial charge in [-0.3, -0.25) is 9.59 Å². The van der Waals surface area contributed by atoms with Gasteiger partial charge in [0.05, 0.1) is 12.6 Å². The molecule has 90 valence electrons. The van der Waals surface area contributed by atoms with Crippen LogP contribution in [0.5, 0.6) is 0 Å². The third-order valence-electron chi connectivity index (χ3n) is 2.32. The number of carbonyl (C=O) groups is 2. The first-order chi connectivity index (χ1) is 7.31. The minimum atomic E-state index is -0.681. The molecule has 1 atom stereocenters. The maximum absolute atomic E-state index is 11.8. The lowest BCUT2D eigenvalue weighted by Crippen LogP contribution is -2.41. The second-order valence-corrected chi connectivity index (χ2v) is 4.33. The average Bonchev–Trinajstić information content (AvgIpc) is 2.17. The monoisotopic (exact) mass is 225 g/mol. The second kappa shape index (κ2) is 6.11. The van der Waals surface area contributed by atoms with Crippen molar-refractivity contribution in [3.8, 4) is 6.07 Å². The molecule has 0 saturated carbocycles. The maximum Gasteiger partial charge on any atom is 0.241 e. The summed E-state index contributed by atoms with van der Waals surface area (Å²) in [6, 6.07) is 1.97. The van der Waals surface area contributed by atoms with Crippen LogP contribution in [0.3, 0.4) is 0 Å². The van der Waals surface area contributed by atoms with Crippen LogP contribution in [0.4, 0.5) is 0 Å². The molecule has 0 saturated heterocycles. The van der Waals surface area contributed by atoms with Crippen LogP contribution in [0.15, 0.2) is 0 Å². The van der Waals surface area contributed by atoms with Gasteiger partial charge < -0.3 is 9.80 Å². The predicted molar refractivity (Wildman–Crippen MR) is 60.3 cm³/mol. The Balaban J connectivity index is 4.51. The first-order valence-corrected chi connectivity index (χ1v) is 5.16. The van der Waals surface area contributed by atoms with Gasteiger partial charge in [0.1, 0.15) is 5.92 Å². The van der Waals surface area contributed by atoms with E-state index in [2.05, 4.69) is 0 Å². The molecule has 0 heterocycles. The molecule has 0 bridgehead atoms. The average molecular weight is 225 g/mol. The van der Waals surface area contributed by atoms with E-state index < -0.39 is 5.92 Å². The largest absolute Gasteiger partial charge is 0.347 e. The fourth-order valence-corrected chi connectivity index (χ4v) is 1.15. The quantitative estimate of drug-likeness (QED) is 0.692. The van der Waals surface area contributed by atoms with E-state index in [1.54, 1.807) is 14.1 Å². The molecular formula is C11H19N3O2. The molecule has 0 rings (SSSR count). The highest BCUT2D eigenvalue weighted by Gasteiger charge is 2.26. The molecule has 0 radical (unpaired) electrons. The Kier molecular flexibility index (Phi) is 5.51.